The number of thiophene rings is 2. The molecule has 2 aromatic rings. The van der Waals surface area contributed by atoms with Crippen LogP contribution in [0.2, 0.25) is 0 Å². The topological polar surface area (TPSA) is 46.4 Å². The van der Waals surface area contributed by atoms with Gasteiger partial charge in [0, 0.05) is 24.0 Å². The van der Waals surface area contributed by atoms with Gasteiger partial charge in [-0.05, 0) is 42.9 Å². The van der Waals surface area contributed by atoms with Crippen molar-refractivity contribution in [1.29, 1.82) is 0 Å². The van der Waals surface area contributed by atoms with E-state index in [0.29, 0.717) is 0 Å². The molecule has 1 saturated heterocycles. The first-order valence-corrected chi connectivity index (χ1v) is 8.68. The molecule has 1 fully saturated rings. The lowest BCUT2D eigenvalue weighted by molar-refractivity contribution is -0.380. The van der Waals surface area contributed by atoms with Crippen molar-refractivity contribution >= 4 is 39.4 Å². The van der Waals surface area contributed by atoms with Crippen molar-refractivity contribution < 1.29 is 4.92 Å². The van der Waals surface area contributed by atoms with E-state index in [0.717, 1.165) is 18.0 Å². The molecule has 0 radical (unpaired) electrons. The Morgan fingerprint density at radius 2 is 2.05 bits per heavy atom. The fourth-order valence-corrected chi connectivity index (χ4v) is 4.06. The number of hydrogen-bond acceptors (Lipinski definition) is 5. The lowest BCUT2D eigenvalue weighted by Gasteiger charge is -2.30. The molecule has 110 valence electrons. The summed E-state index contributed by atoms with van der Waals surface area (Å²) in [6, 6.07) is 7.58. The van der Waals surface area contributed by atoms with E-state index in [4.69, 9.17) is 0 Å². The van der Waals surface area contributed by atoms with E-state index in [1.165, 1.54) is 41.2 Å². The van der Waals surface area contributed by atoms with Crippen LogP contribution in [0.5, 0.6) is 0 Å². The van der Waals surface area contributed by atoms with Gasteiger partial charge < -0.3 is 4.90 Å². The smallest absolute Gasteiger partial charge is 0.324 e. The molecule has 0 aromatic carbocycles. The molecule has 3 heterocycles. The SMILES string of the molecule is O=[N+]([O-])c1ccc(/C=C(/c2cccs2)N2CCCCC2)s1. The molecular formula is C15H16N2O2S2. The molecule has 0 N–H and O–H groups in total. The monoisotopic (exact) mass is 320 g/mol. The molecule has 4 nitrogen and oxygen atoms in total. The second-order valence-electron chi connectivity index (χ2n) is 4.99. The second-order valence-corrected chi connectivity index (χ2v) is 7.03. The number of piperidine rings is 1. The number of hydrogen-bond donors (Lipinski definition) is 0. The normalized spacial score (nSPS) is 16.2. The third kappa shape index (κ3) is 3.33. The largest absolute Gasteiger partial charge is 0.370 e. The summed E-state index contributed by atoms with van der Waals surface area (Å²) < 4.78 is 0. The fourth-order valence-electron chi connectivity index (χ4n) is 2.53. The average molecular weight is 320 g/mol. The Kier molecular flexibility index (Phi) is 4.36. The van der Waals surface area contributed by atoms with Crippen molar-refractivity contribution in [3.8, 4) is 0 Å². The third-order valence-electron chi connectivity index (χ3n) is 3.54. The van der Waals surface area contributed by atoms with Crippen molar-refractivity contribution in [3.05, 3.63) is 49.5 Å². The van der Waals surface area contributed by atoms with Crippen LogP contribution in [0.4, 0.5) is 5.00 Å². The molecule has 2 aromatic heterocycles. The summed E-state index contributed by atoms with van der Waals surface area (Å²) in [5.41, 5.74) is 1.20. The molecule has 0 spiro atoms. The Bertz CT molecular complexity index is 640. The van der Waals surface area contributed by atoms with Crippen LogP contribution in [0.1, 0.15) is 29.0 Å². The van der Waals surface area contributed by atoms with Crippen LogP contribution >= 0.6 is 22.7 Å². The molecule has 6 heteroatoms. The maximum absolute atomic E-state index is 10.8. The van der Waals surface area contributed by atoms with Crippen molar-refractivity contribution in [2.45, 2.75) is 19.3 Å². The summed E-state index contributed by atoms with van der Waals surface area (Å²) in [6.45, 7) is 2.13. The number of likely N-dealkylation sites (tertiary alicyclic amines) is 1. The molecule has 1 aliphatic heterocycles. The molecule has 3 rings (SSSR count). The van der Waals surface area contributed by atoms with Crippen LogP contribution in [0.15, 0.2) is 29.6 Å². The fraction of sp³-hybridized carbons (Fsp3) is 0.333. The Balaban J connectivity index is 1.93. The molecule has 0 unspecified atom stereocenters. The minimum absolute atomic E-state index is 0.199. The van der Waals surface area contributed by atoms with Gasteiger partial charge in [-0.25, -0.2) is 0 Å². The Morgan fingerprint density at radius 3 is 2.67 bits per heavy atom. The minimum atomic E-state index is -0.326. The van der Waals surface area contributed by atoms with Gasteiger partial charge in [-0.2, -0.15) is 0 Å². The summed E-state index contributed by atoms with van der Waals surface area (Å²) in [7, 11) is 0. The Hall–Kier alpha value is -1.66. The van der Waals surface area contributed by atoms with Crippen LogP contribution in [0.25, 0.3) is 11.8 Å². The first-order valence-electron chi connectivity index (χ1n) is 6.99. The zero-order valence-electron chi connectivity index (χ0n) is 11.5. The van der Waals surface area contributed by atoms with Gasteiger partial charge in [0.05, 0.1) is 15.5 Å². The zero-order valence-corrected chi connectivity index (χ0v) is 13.2. The van der Waals surface area contributed by atoms with Crippen molar-refractivity contribution in [2.75, 3.05) is 13.1 Å². The van der Waals surface area contributed by atoms with Crippen molar-refractivity contribution in [3.63, 3.8) is 0 Å². The predicted octanol–water partition coefficient (Wildman–Crippen LogP) is 4.70. The molecule has 0 amide bonds. The zero-order chi connectivity index (χ0) is 14.7. The summed E-state index contributed by atoms with van der Waals surface area (Å²) in [4.78, 5) is 15.1. The molecule has 21 heavy (non-hydrogen) atoms. The molecule has 0 atom stereocenters. The standard InChI is InChI=1S/C15H16N2O2S2/c18-17(19)15-7-6-12(21-15)11-13(14-5-4-10-20-14)16-8-2-1-3-9-16/h4-7,10-11H,1-3,8-9H2/b13-11-. The second kappa shape index (κ2) is 6.41. The molecule has 1 aliphatic rings. The van der Waals surface area contributed by atoms with Gasteiger partial charge in [0.1, 0.15) is 0 Å². The maximum Gasteiger partial charge on any atom is 0.324 e. The number of nitrogens with zero attached hydrogens (tertiary/aromatic N) is 2. The number of rotatable bonds is 4. The highest BCUT2D eigenvalue weighted by molar-refractivity contribution is 7.16. The lowest BCUT2D eigenvalue weighted by atomic mass is 10.1. The van der Waals surface area contributed by atoms with E-state index >= 15 is 0 Å². The molecule has 0 saturated carbocycles. The van der Waals surface area contributed by atoms with Gasteiger partial charge in [-0.15, -0.1) is 11.3 Å². The summed E-state index contributed by atoms with van der Waals surface area (Å²) >= 11 is 2.95. The summed E-state index contributed by atoms with van der Waals surface area (Å²) in [5.74, 6) is 0. The van der Waals surface area contributed by atoms with Crippen molar-refractivity contribution in [2.24, 2.45) is 0 Å². The molecule has 0 bridgehead atoms. The average Bonchev–Trinajstić information content (AvgIpc) is 3.17. The first-order chi connectivity index (χ1) is 10.2. The van der Waals surface area contributed by atoms with Crippen LogP contribution in [-0.2, 0) is 0 Å². The van der Waals surface area contributed by atoms with E-state index in [-0.39, 0.29) is 9.92 Å². The first kappa shape index (κ1) is 14.3. The van der Waals surface area contributed by atoms with E-state index in [1.807, 2.05) is 6.07 Å². The van der Waals surface area contributed by atoms with Gasteiger partial charge in [0.25, 0.3) is 0 Å². The van der Waals surface area contributed by atoms with Gasteiger partial charge in [-0.3, -0.25) is 10.1 Å². The number of nitro groups is 1. The molecule has 0 aliphatic carbocycles. The lowest BCUT2D eigenvalue weighted by Crippen LogP contribution is -2.27. The summed E-state index contributed by atoms with van der Waals surface area (Å²) in [5, 5.41) is 13.1. The highest BCUT2D eigenvalue weighted by atomic mass is 32.1. The van der Waals surface area contributed by atoms with Crippen LogP contribution in [-0.4, -0.2) is 22.9 Å². The molecular weight excluding hydrogens is 304 g/mol. The maximum atomic E-state index is 10.8. The van der Waals surface area contributed by atoms with Crippen molar-refractivity contribution in [1.82, 2.24) is 4.90 Å². The van der Waals surface area contributed by atoms with Gasteiger partial charge in [-0.1, -0.05) is 17.4 Å². The third-order valence-corrected chi connectivity index (χ3v) is 5.42. The van der Waals surface area contributed by atoms with E-state index in [9.17, 15) is 10.1 Å². The van der Waals surface area contributed by atoms with E-state index in [2.05, 4.69) is 28.5 Å². The quantitative estimate of drug-likeness (QED) is 0.606. The van der Waals surface area contributed by atoms with E-state index in [1.54, 1.807) is 17.4 Å². The van der Waals surface area contributed by atoms with E-state index < -0.39 is 0 Å². The predicted molar refractivity (Wildman–Crippen MR) is 88.6 cm³/mol. The Labute approximate surface area is 131 Å². The van der Waals surface area contributed by atoms with Crippen LogP contribution in [0, 0.1) is 10.1 Å². The Morgan fingerprint density at radius 1 is 1.24 bits per heavy atom. The van der Waals surface area contributed by atoms with Gasteiger partial charge in [0.2, 0.25) is 0 Å². The van der Waals surface area contributed by atoms with Gasteiger partial charge in [0.15, 0.2) is 0 Å². The minimum Gasteiger partial charge on any atom is -0.370 e. The van der Waals surface area contributed by atoms with Gasteiger partial charge >= 0.3 is 5.00 Å². The van der Waals surface area contributed by atoms with Crippen LogP contribution < -0.4 is 0 Å². The summed E-state index contributed by atoms with van der Waals surface area (Å²) in [6.07, 6.45) is 5.81. The van der Waals surface area contributed by atoms with Crippen LogP contribution in [0.3, 0.4) is 0 Å². The highest BCUT2D eigenvalue weighted by Gasteiger charge is 2.17. The highest BCUT2D eigenvalue weighted by Crippen LogP contribution is 2.32.